The molecule has 0 saturated carbocycles. The molecule has 0 bridgehead atoms. The van der Waals surface area contributed by atoms with Crippen molar-refractivity contribution in [2.45, 2.75) is 4.90 Å². The van der Waals surface area contributed by atoms with Crippen LogP contribution in [0.4, 0.5) is 0 Å². The number of nitrogens with zero attached hydrogens (tertiary/aromatic N) is 1. The van der Waals surface area contributed by atoms with Crippen LogP contribution in [0, 0.1) is 0 Å². The lowest BCUT2D eigenvalue weighted by atomic mass is 10.4. The van der Waals surface area contributed by atoms with Crippen molar-refractivity contribution in [1.29, 1.82) is 0 Å². The first-order valence-corrected chi connectivity index (χ1v) is 7.21. The fourth-order valence-electron chi connectivity index (χ4n) is 1.29. The SMILES string of the molecule is CN(CCOCCO)S(=O)(=O)c1cccc(Cl)c1. The van der Waals surface area contributed by atoms with Gasteiger partial charge in [-0.05, 0) is 18.2 Å². The summed E-state index contributed by atoms with van der Waals surface area (Å²) in [5, 5.41) is 8.90. The molecular weight excluding hydrogens is 278 g/mol. The van der Waals surface area contributed by atoms with Crippen LogP contribution in [-0.2, 0) is 14.8 Å². The smallest absolute Gasteiger partial charge is 0.242 e. The number of aliphatic hydroxyl groups is 1. The summed E-state index contributed by atoms with van der Waals surface area (Å²) >= 11 is 5.77. The third kappa shape index (κ3) is 4.22. The van der Waals surface area contributed by atoms with Crippen LogP contribution in [0.15, 0.2) is 29.2 Å². The van der Waals surface area contributed by atoms with Gasteiger partial charge >= 0.3 is 0 Å². The van der Waals surface area contributed by atoms with Crippen LogP contribution in [0.5, 0.6) is 0 Å². The van der Waals surface area contributed by atoms with Crippen molar-refractivity contribution in [1.82, 2.24) is 4.31 Å². The summed E-state index contributed by atoms with van der Waals surface area (Å²) in [7, 11) is -2.07. The van der Waals surface area contributed by atoms with Gasteiger partial charge in [0.15, 0.2) is 0 Å². The number of ether oxygens (including phenoxy) is 1. The lowest BCUT2D eigenvalue weighted by molar-refractivity contribution is 0.0876. The van der Waals surface area contributed by atoms with Gasteiger partial charge in [0.05, 0.1) is 24.7 Å². The number of likely N-dealkylation sites (N-methyl/N-ethyl adjacent to an activating group) is 1. The molecular formula is C11H16ClNO4S. The summed E-state index contributed by atoms with van der Waals surface area (Å²) in [6.07, 6.45) is 0. The summed E-state index contributed by atoms with van der Waals surface area (Å²) in [5.41, 5.74) is 0. The van der Waals surface area contributed by atoms with Gasteiger partial charge in [-0.3, -0.25) is 0 Å². The van der Waals surface area contributed by atoms with Gasteiger partial charge in [-0.2, -0.15) is 4.31 Å². The maximum Gasteiger partial charge on any atom is 0.242 e. The minimum atomic E-state index is -3.54. The van der Waals surface area contributed by atoms with Crippen LogP contribution >= 0.6 is 11.6 Å². The van der Waals surface area contributed by atoms with Crippen molar-refractivity contribution >= 4 is 21.6 Å². The Morgan fingerprint density at radius 1 is 1.39 bits per heavy atom. The molecule has 0 radical (unpaired) electrons. The van der Waals surface area contributed by atoms with Crippen molar-refractivity contribution in [3.8, 4) is 0 Å². The first-order valence-electron chi connectivity index (χ1n) is 5.39. The van der Waals surface area contributed by atoms with E-state index in [0.717, 1.165) is 0 Å². The molecule has 1 aromatic rings. The molecule has 0 fully saturated rings. The third-order valence-corrected chi connectivity index (χ3v) is 4.38. The number of aliphatic hydroxyl groups excluding tert-OH is 1. The topological polar surface area (TPSA) is 66.8 Å². The Bertz CT molecular complexity index is 478. The maximum absolute atomic E-state index is 12.1. The number of halogens is 1. The van der Waals surface area contributed by atoms with Gasteiger partial charge in [-0.15, -0.1) is 0 Å². The summed E-state index contributed by atoms with van der Waals surface area (Å²) in [6.45, 7) is 0.571. The molecule has 0 spiro atoms. The fraction of sp³-hybridized carbons (Fsp3) is 0.455. The number of rotatable bonds is 7. The van der Waals surface area contributed by atoms with Crippen molar-refractivity contribution in [2.24, 2.45) is 0 Å². The molecule has 0 heterocycles. The molecule has 102 valence electrons. The Morgan fingerprint density at radius 3 is 2.72 bits per heavy atom. The Hall–Kier alpha value is -0.660. The second kappa shape index (κ2) is 7.06. The molecule has 0 saturated heterocycles. The van der Waals surface area contributed by atoms with Crippen LogP contribution in [0.25, 0.3) is 0 Å². The molecule has 0 aliphatic heterocycles. The average molecular weight is 294 g/mol. The van der Waals surface area contributed by atoms with Crippen LogP contribution in [-0.4, -0.2) is 51.2 Å². The molecule has 7 heteroatoms. The minimum absolute atomic E-state index is 0.0786. The van der Waals surface area contributed by atoms with Crippen LogP contribution in [0.1, 0.15) is 0 Å². The highest BCUT2D eigenvalue weighted by molar-refractivity contribution is 7.89. The average Bonchev–Trinajstić information content (AvgIpc) is 2.34. The normalized spacial score (nSPS) is 12.0. The zero-order valence-corrected chi connectivity index (χ0v) is 11.6. The molecule has 0 amide bonds. The Labute approximate surface area is 112 Å². The van der Waals surface area contributed by atoms with E-state index in [4.69, 9.17) is 21.4 Å². The fourth-order valence-corrected chi connectivity index (χ4v) is 2.74. The Kier molecular flexibility index (Phi) is 6.04. The van der Waals surface area contributed by atoms with Crippen LogP contribution in [0.3, 0.4) is 0 Å². The summed E-state index contributed by atoms with van der Waals surface area (Å²) < 4.78 is 30.4. The Balaban J connectivity index is 2.68. The van der Waals surface area contributed by atoms with E-state index in [1.165, 1.54) is 23.5 Å². The van der Waals surface area contributed by atoms with E-state index in [1.54, 1.807) is 12.1 Å². The minimum Gasteiger partial charge on any atom is -0.394 e. The number of hydrogen-bond acceptors (Lipinski definition) is 4. The number of benzene rings is 1. The monoisotopic (exact) mass is 293 g/mol. The number of hydrogen-bond donors (Lipinski definition) is 1. The first-order chi connectivity index (χ1) is 8.48. The largest absolute Gasteiger partial charge is 0.394 e. The summed E-state index contributed by atoms with van der Waals surface area (Å²) in [5.74, 6) is 0. The van der Waals surface area contributed by atoms with Gasteiger partial charge in [0.1, 0.15) is 0 Å². The molecule has 1 aromatic carbocycles. The zero-order valence-electron chi connectivity index (χ0n) is 10.0. The molecule has 0 aliphatic carbocycles. The van der Waals surface area contributed by atoms with E-state index < -0.39 is 10.0 Å². The molecule has 0 atom stereocenters. The molecule has 0 aliphatic rings. The maximum atomic E-state index is 12.1. The van der Waals surface area contributed by atoms with E-state index in [0.29, 0.717) is 5.02 Å². The van der Waals surface area contributed by atoms with Crippen molar-refractivity contribution in [3.63, 3.8) is 0 Å². The highest BCUT2D eigenvalue weighted by Crippen LogP contribution is 2.18. The molecule has 5 nitrogen and oxygen atoms in total. The Morgan fingerprint density at radius 2 is 2.11 bits per heavy atom. The molecule has 18 heavy (non-hydrogen) atoms. The predicted octanol–water partition coefficient (Wildman–Crippen LogP) is 0.969. The molecule has 1 N–H and O–H groups in total. The summed E-state index contributed by atoms with van der Waals surface area (Å²) in [4.78, 5) is 0.152. The van der Waals surface area contributed by atoms with Gasteiger partial charge in [-0.1, -0.05) is 17.7 Å². The lowest BCUT2D eigenvalue weighted by Crippen LogP contribution is -2.30. The van der Waals surface area contributed by atoms with Gasteiger partial charge in [0.25, 0.3) is 0 Å². The van der Waals surface area contributed by atoms with Gasteiger partial charge < -0.3 is 9.84 Å². The van der Waals surface area contributed by atoms with Crippen molar-refractivity contribution in [3.05, 3.63) is 29.3 Å². The van der Waals surface area contributed by atoms with Crippen molar-refractivity contribution in [2.75, 3.05) is 33.4 Å². The van der Waals surface area contributed by atoms with Gasteiger partial charge in [-0.25, -0.2) is 8.42 Å². The van der Waals surface area contributed by atoms with Crippen LogP contribution in [0.2, 0.25) is 5.02 Å². The van der Waals surface area contributed by atoms with Crippen LogP contribution < -0.4 is 0 Å². The highest BCUT2D eigenvalue weighted by Gasteiger charge is 2.20. The van der Waals surface area contributed by atoms with Gasteiger partial charge in [0, 0.05) is 18.6 Å². The van der Waals surface area contributed by atoms with E-state index in [2.05, 4.69) is 0 Å². The van der Waals surface area contributed by atoms with E-state index in [9.17, 15) is 8.42 Å². The quantitative estimate of drug-likeness (QED) is 0.761. The molecule has 0 unspecified atom stereocenters. The third-order valence-electron chi connectivity index (χ3n) is 2.29. The number of sulfonamides is 1. The van der Waals surface area contributed by atoms with Gasteiger partial charge in [0.2, 0.25) is 10.0 Å². The zero-order chi connectivity index (χ0) is 13.6. The predicted molar refractivity (Wildman–Crippen MR) is 69.2 cm³/mol. The summed E-state index contributed by atoms with van der Waals surface area (Å²) in [6, 6.07) is 6.10. The highest BCUT2D eigenvalue weighted by atomic mass is 35.5. The second-order valence-corrected chi connectivity index (χ2v) is 6.10. The lowest BCUT2D eigenvalue weighted by Gasteiger charge is -2.17. The van der Waals surface area contributed by atoms with E-state index >= 15 is 0 Å². The first kappa shape index (κ1) is 15.4. The molecule has 1 rings (SSSR count). The van der Waals surface area contributed by atoms with Crippen molar-refractivity contribution < 1.29 is 18.3 Å². The molecule has 0 aromatic heterocycles. The van der Waals surface area contributed by atoms with E-state index in [-0.39, 0.29) is 31.3 Å². The van der Waals surface area contributed by atoms with E-state index in [1.807, 2.05) is 0 Å². The standard InChI is InChI=1S/C11H16ClNO4S/c1-13(5-7-17-8-6-14)18(15,16)11-4-2-3-10(12)9-11/h2-4,9,14H,5-8H2,1H3. The second-order valence-electron chi connectivity index (χ2n) is 3.62.